The van der Waals surface area contributed by atoms with Crippen molar-refractivity contribution in [3.63, 3.8) is 0 Å². The van der Waals surface area contributed by atoms with E-state index in [0.717, 1.165) is 0 Å². The number of aliphatic hydroxyl groups is 1. The number of epoxide rings is 1. The number of fused-ring (bicyclic) bond motifs is 2. The lowest BCUT2D eigenvalue weighted by molar-refractivity contribution is -0.304. The van der Waals surface area contributed by atoms with Crippen molar-refractivity contribution in [2.75, 3.05) is 0 Å². The molecule has 2 heterocycles. The van der Waals surface area contributed by atoms with Crippen molar-refractivity contribution >= 4 is 5.97 Å². The lowest BCUT2D eigenvalue weighted by Gasteiger charge is -2.30. The number of esters is 1. The molecule has 1 aliphatic carbocycles. The topological polar surface area (TPSA) is 88.5 Å². The van der Waals surface area contributed by atoms with Crippen LogP contribution in [-0.4, -0.2) is 45.3 Å². The highest BCUT2D eigenvalue weighted by molar-refractivity contribution is 5.90. The molecule has 0 saturated carbocycles. The molecule has 2 fully saturated rings. The van der Waals surface area contributed by atoms with Gasteiger partial charge in [0.1, 0.15) is 11.7 Å². The van der Waals surface area contributed by atoms with E-state index in [-0.39, 0.29) is 29.7 Å². The molecule has 6 heteroatoms. The van der Waals surface area contributed by atoms with Gasteiger partial charge in [0.25, 0.3) is 0 Å². The van der Waals surface area contributed by atoms with Crippen molar-refractivity contribution < 1.29 is 29.5 Å². The van der Waals surface area contributed by atoms with Crippen LogP contribution >= 0.6 is 0 Å². The summed E-state index contributed by atoms with van der Waals surface area (Å²) in [7, 11) is 0. The number of rotatable bonds is 1. The molecule has 146 valence electrons. The number of hydrogen-bond donors (Lipinski definition) is 2. The molecule has 2 aliphatic heterocycles. The Morgan fingerprint density at radius 3 is 2.73 bits per heavy atom. The summed E-state index contributed by atoms with van der Waals surface area (Å²) in [6, 6.07) is 0. The fourth-order valence-corrected chi connectivity index (χ4v) is 4.20. The second-order valence-corrected chi connectivity index (χ2v) is 8.80. The highest BCUT2D eigenvalue weighted by Gasteiger charge is 2.55. The second-order valence-electron chi connectivity index (χ2n) is 8.80. The quantitative estimate of drug-likeness (QED) is 0.185. The van der Waals surface area contributed by atoms with Crippen LogP contribution in [0.15, 0.2) is 24.3 Å². The first-order chi connectivity index (χ1) is 12.1. The van der Waals surface area contributed by atoms with E-state index in [1.165, 1.54) is 0 Å². The molecule has 6 unspecified atom stereocenters. The molecule has 0 radical (unpaired) electrons. The van der Waals surface area contributed by atoms with Gasteiger partial charge in [-0.05, 0) is 52.9 Å². The van der Waals surface area contributed by atoms with Crippen molar-refractivity contribution in [1.29, 1.82) is 0 Å². The lowest BCUT2D eigenvalue weighted by Crippen LogP contribution is -2.34. The molecule has 2 saturated heterocycles. The summed E-state index contributed by atoms with van der Waals surface area (Å²) in [5.41, 5.74) is -1.59. The van der Waals surface area contributed by atoms with Crippen LogP contribution in [0, 0.1) is 5.92 Å². The first-order valence-corrected chi connectivity index (χ1v) is 9.38. The predicted molar refractivity (Wildman–Crippen MR) is 95.4 cm³/mol. The third-order valence-corrected chi connectivity index (χ3v) is 6.15. The van der Waals surface area contributed by atoms with Gasteiger partial charge in [-0.3, -0.25) is 5.26 Å². The van der Waals surface area contributed by atoms with Gasteiger partial charge in [0.05, 0.1) is 17.3 Å². The minimum Gasteiger partial charge on any atom is -0.458 e. The summed E-state index contributed by atoms with van der Waals surface area (Å²) >= 11 is 0. The second kappa shape index (κ2) is 6.75. The van der Waals surface area contributed by atoms with Crippen LogP contribution in [-0.2, 0) is 19.2 Å². The smallest absolute Gasteiger partial charge is 0.334 e. The zero-order valence-corrected chi connectivity index (χ0v) is 15.9. The molecule has 6 nitrogen and oxygen atoms in total. The molecule has 2 N–H and O–H groups in total. The Balaban J connectivity index is 1.82. The van der Waals surface area contributed by atoms with Crippen LogP contribution in [0.4, 0.5) is 0 Å². The van der Waals surface area contributed by atoms with E-state index >= 15 is 0 Å². The first kappa shape index (κ1) is 19.5. The maximum Gasteiger partial charge on any atom is 0.334 e. The average Bonchev–Trinajstić information content (AvgIpc) is 3.11. The number of carbonyl (C=O) groups is 1. The summed E-state index contributed by atoms with van der Waals surface area (Å²) in [5.74, 6) is -0.498. The maximum absolute atomic E-state index is 12.0. The molecule has 6 atom stereocenters. The molecule has 0 aromatic rings. The minimum atomic E-state index is -0.980. The molecule has 26 heavy (non-hydrogen) atoms. The molecular formula is C20H30O6. The van der Waals surface area contributed by atoms with Gasteiger partial charge in [0, 0.05) is 17.9 Å². The first-order valence-electron chi connectivity index (χ1n) is 9.38. The predicted octanol–water partition coefficient (Wildman–Crippen LogP) is 3.15. The van der Waals surface area contributed by atoms with Gasteiger partial charge >= 0.3 is 5.97 Å². The van der Waals surface area contributed by atoms with Crippen LogP contribution < -0.4 is 0 Å². The number of ether oxygens (including phenoxy) is 2. The van der Waals surface area contributed by atoms with Crippen LogP contribution in [0.5, 0.6) is 0 Å². The van der Waals surface area contributed by atoms with E-state index in [9.17, 15) is 15.2 Å². The summed E-state index contributed by atoms with van der Waals surface area (Å²) in [6.45, 7) is 9.52. The van der Waals surface area contributed by atoms with Gasteiger partial charge in [-0.15, -0.1) is 0 Å². The van der Waals surface area contributed by atoms with Gasteiger partial charge in [-0.2, -0.15) is 0 Å². The molecule has 0 amide bonds. The lowest BCUT2D eigenvalue weighted by atomic mass is 9.81. The van der Waals surface area contributed by atoms with Gasteiger partial charge in [0.2, 0.25) is 0 Å². The summed E-state index contributed by atoms with van der Waals surface area (Å²) in [6.07, 6.45) is 6.94. The van der Waals surface area contributed by atoms with E-state index < -0.39 is 11.2 Å². The Hall–Kier alpha value is -1.21. The molecular weight excluding hydrogens is 336 g/mol. The van der Waals surface area contributed by atoms with Crippen molar-refractivity contribution in [3.05, 3.63) is 24.3 Å². The highest BCUT2D eigenvalue weighted by atomic mass is 17.1. The third kappa shape index (κ3) is 4.03. The van der Waals surface area contributed by atoms with Gasteiger partial charge in [-0.1, -0.05) is 18.7 Å². The van der Waals surface area contributed by atoms with Crippen LogP contribution in [0.3, 0.4) is 0 Å². The number of hydrogen-bond acceptors (Lipinski definition) is 6. The van der Waals surface area contributed by atoms with Crippen molar-refractivity contribution in [2.24, 2.45) is 5.92 Å². The Bertz CT molecular complexity index is 611. The zero-order valence-electron chi connectivity index (χ0n) is 15.9. The minimum absolute atomic E-state index is 0.0140. The zero-order chi connectivity index (χ0) is 19.2. The standard InChI is InChI=1S/C20H30O6/c1-13-14-11-16-20(4,25-16)10-6-9-19(3,26-23)8-5-7-18(2,22)12-15(14)24-17(13)21/h6,9,14-16,22-23H,1,5,7-8,10-12H2,2-4H3. The van der Waals surface area contributed by atoms with E-state index in [1.807, 2.05) is 26.0 Å². The Morgan fingerprint density at radius 1 is 1.31 bits per heavy atom. The molecule has 3 aliphatic rings. The van der Waals surface area contributed by atoms with Crippen molar-refractivity contribution in [1.82, 2.24) is 0 Å². The van der Waals surface area contributed by atoms with E-state index in [1.54, 1.807) is 6.92 Å². The molecule has 0 aromatic heterocycles. The normalized spacial score (nSPS) is 46.9. The maximum atomic E-state index is 12.0. The van der Waals surface area contributed by atoms with E-state index in [2.05, 4.69) is 6.58 Å². The monoisotopic (exact) mass is 366 g/mol. The SMILES string of the molecule is C=C1C(=O)OC2CC(C)(O)CCCC(C)(OO)C=CCC3(C)OC3CC12. The fourth-order valence-electron chi connectivity index (χ4n) is 4.20. The van der Waals surface area contributed by atoms with E-state index in [0.29, 0.717) is 44.1 Å². The van der Waals surface area contributed by atoms with Crippen LogP contribution in [0.2, 0.25) is 0 Å². The molecule has 0 spiro atoms. The highest BCUT2D eigenvalue weighted by Crippen LogP contribution is 2.47. The van der Waals surface area contributed by atoms with E-state index in [4.69, 9.17) is 14.4 Å². The van der Waals surface area contributed by atoms with Crippen LogP contribution in [0.25, 0.3) is 0 Å². The summed E-state index contributed by atoms with van der Waals surface area (Å²) in [5, 5.41) is 20.1. The number of carbonyl (C=O) groups excluding carboxylic acids is 1. The van der Waals surface area contributed by atoms with Gasteiger partial charge in [-0.25, -0.2) is 9.68 Å². The molecule has 3 rings (SSSR count). The summed E-state index contributed by atoms with van der Waals surface area (Å²) in [4.78, 5) is 16.7. The largest absolute Gasteiger partial charge is 0.458 e. The third-order valence-electron chi connectivity index (χ3n) is 6.15. The Labute approximate surface area is 154 Å². The molecule has 0 bridgehead atoms. The van der Waals surface area contributed by atoms with Gasteiger partial charge in [0.15, 0.2) is 0 Å². The Kier molecular flexibility index (Phi) is 5.07. The fraction of sp³-hybridized carbons (Fsp3) is 0.750. The van der Waals surface area contributed by atoms with Crippen molar-refractivity contribution in [2.45, 2.75) is 88.3 Å². The Morgan fingerprint density at radius 2 is 2.04 bits per heavy atom. The van der Waals surface area contributed by atoms with Gasteiger partial charge < -0.3 is 14.6 Å². The molecule has 0 aromatic carbocycles. The van der Waals surface area contributed by atoms with Crippen LogP contribution in [0.1, 0.15) is 59.3 Å². The summed E-state index contributed by atoms with van der Waals surface area (Å²) < 4.78 is 11.4. The van der Waals surface area contributed by atoms with Crippen molar-refractivity contribution in [3.8, 4) is 0 Å². The average molecular weight is 366 g/mol.